The molecular formula is C22H23N5O2. The number of rotatable bonds is 5. The van der Waals surface area contributed by atoms with E-state index in [2.05, 4.69) is 15.5 Å². The summed E-state index contributed by atoms with van der Waals surface area (Å²) in [6, 6.07) is 15.6. The first-order valence-corrected chi connectivity index (χ1v) is 9.38. The maximum absolute atomic E-state index is 12.7. The van der Waals surface area contributed by atoms with E-state index in [0.717, 1.165) is 39.2 Å². The second-order valence-corrected chi connectivity index (χ2v) is 6.94. The number of hydrogen-bond acceptors (Lipinski definition) is 4. The first kappa shape index (κ1) is 18.7. The van der Waals surface area contributed by atoms with Crippen LogP contribution >= 0.6 is 0 Å². The van der Waals surface area contributed by atoms with Crippen molar-refractivity contribution in [2.45, 2.75) is 20.4 Å². The number of carbonyl (C=O) groups excluding carboxylic acids is 1. The molecule has 0 spiro atoms. The number of ether oxygens (including phenoxy) is 1. The topological polar surface area (TPSA) is 74.0 Å². The van der Waals surface area contributed by atoms with Crippen molar-refractivity contribution in [1.29, 1.82) is 0 Å². The maximum atomic E-state index is 12.7. The summed E-state index contributed by atoms with van der Waals surface area (Å²) < 4.78 is 8.97. The Labute approximate surface area is 168 Å². The standard InChI is InChI=1S/C22H23N5O2/c1-14-21(17-10-6-8-12-19(17)29-4)15(2)27(24-14)13-20(28)23-22-16-9-5-7-11-18(16)26(3)25-22/h5-12H,13H2,1-4H3,(H,23,25,28). The monoisotopic (exact) mass is 389 g/mol. The number of aryl methyl sites for hydroxylation is 2. The Hall–Kier alpha value is -3.61. The third-order valence-electron chi connectivity index (χ3n) is 5.07. The number of carbonyl (C=O) groups is 1. The predicted molar refractivity (Wildman–Crippen MR) is 113 cm³/mol. The van der Waals surface area contributed by atoms with Crippen LogP contribution < -0.4 is 10.1 Å². The highest BCUT2D eigenvalue weighted by molar-refractivity contribution is 5.99. The van der Waals surface area contributed by atoms with E-state index in [0.29, 0.717) is 5.82 Å². The molecule has 0 radical (unpaired) electrons. The van der Waals surface area contributed by atoms with Gasteiger partial charge in [-0.25, -0.2) is 0 Å². The van der Waals surface area contributed by atoms with Gasteiger partial charge in [-0.2, -0.15) is 10.2 Å². The molecule has 2 heterocycles. The fraction of sp³-hybridized carbons (Fsp3) is 0.227. The van der Waals surface area contributed by atoms with Gasteiger partial charge in [0.25, 0.3) is 0 Å². The van der Waals surface area contributed by atoms with E-state index < -0.39 is 0 Å². The molecule has 29 heavy (non-hydrogen) atoms. The number of para-hydroxylation sites is 2. The van der Waals surface area contributed by atoms with Gasteiger partial charge in [0.15, 0.2) is 5.82 Å². The molecule has 7 heteroatoms. The second kappa shape index (κ2) is 7.43. The van der Waals surface area contributed by atoms with E-state index in [-0.39, 0.29) is 12.5 Å². The SMILES string of the molecule is COc1ccccc1-c1c(C)nn(CC(=O)Nc2nn(C)c3ccccc23)c1C. The minimum atomic E-state index is -0.175. The van der Waals surface area contributed by atoms with Crippen LogP contribution in [0, 0.1) is 13.8 Å². The van der Waals surface area contributed by atoms with Gasteiger partial charge >= 0.3 is 0 Å². The lowest BCUT2D eigenvalue weighted by Crippen LogP contribution is -2.20. The van der Waals surface area contributed by atoms with Crippen molar-refractivity contribution >= 4 is 22.6 Å². The molecule has 2 aromatic carbocycles. The minimum Gasteiger partial charge on any atom is -0.496 e. The molecule has 0 aliphatic carbocycles. The van der Waals surface area contributed by atoms with Gasteiger partial charge in [-0.15, -0.1) is 0 Å². The van der Waals surface area contributed by atoms with Crippen molar-refractivity contribution < 1.29 is 9.53 Å². The smallest absolute Gasteiger partial charge is 0.247 e. The quantitative estimate of drug-likeness (QED) is 0.565. The van der Waals surface area contributed by atoms with Gasteiger partial charge in [0.2, 0.25) is 5.91 Å². The van der Waals surface area contributed by atoms with Crippen molar-refractivity contribution in [3.8, 4) is 16.9 Å². The molecule has 0 aliphatic heterocycles. The Morgan fingerprint density at radius 1 is 1.07 bits per heavy atom. The zero-order valence-corrected chi connectivity index (χ0v) is 16.9. The summed E-state index contributed by atoms with van der Waals surface area (Å²) in [6.07, 6.45) is 0. The van der Waals surface area contributed by atoms with E-state index >= 15 is 0 Å². The van der Waals surface area contributed by atoms with Crippen molar-refractivity contribution in [2.75, 3.05) is 12.4 Å². The third-order valence-corrected chi connectivity index (χ3v) is 5.07. The highest BCUT2D eigenvalue weighted by atomic mass is 16.5. The molecule has 0 unspecified atom stereocenters. The average molecular weight is 389 g/mol. The van der Waals surface area contributed by atoms with Gasteiger partial charge in [-0.05, 0) is 32.0 Å². The Morgan fingerprint density at radius 3 is 2.59 bits per heavy atom. The summed E-state index contributed by atoms with van der Waals surface area (Å²) in [5.74, 6) is 1.16. The van der Waals surface area contributed by atoms with E-state index in [4.69, 9.17) is 4.74 Å². The molecule has 0 fully saturated rings. The van der Waals surface area contributed by atoms with Crippen molar-refractivity contribution in [2.24, 2.45) is 7.05 Å². The summed E-state index contributed by atoms with van der Waals surface area (Å²) in [5, 5.41) is 12.8. The first-order chi connectivity index (χ1) is 14.0. The molecule has 1 N–H and O–H groups in total. The van der Waals surface area contributed by atoms with Crippen molar-refractivity contribution in [3.05, 3.63) is 59.9 Å². The normalized spacial score (nSPS) is 11.0. The lowest BCUT2D eigenvalue weighted by atomic mass is 10.0. The number of anilines is 1. The second-order valence-electron chi connectivity index (χ2n) is 6.94. The molecule has 1 amide bonds. The van der Waals surface area contributed by atoms with E-state index in [1.165, 1.54) is 0 Å². The molecule has 148 valence electrons. The Balaban J connectivity index is 1.61. The summed E-state index contributed by atoms with van der Waals surface area (Å²) >= 11 is 0. The summed E-state index contributed by atoms with van der Waals surface area (Å²) in [5.41, 5.74) is 4.68. The number of fused-ring (bicyclic) bond motifs is 1. The molecule has 4 rings (SSSR count). The van der Waals surface area contributed by atoms with Crippen LogP contribution in [0.4, 0.5) is 5.82 Å². The number of nitrogens with one attached hydrogen (secondary N) is 1. The minimum absolute atomic E-state index is 0.104. The van der Waals surface area contributed by atoms with Crippen LogP contribution in [0.3, 0.4) is 0 Å². The van der Waals surface area contributed by atoms with E-state index in [1.54, 1.807) is 16.5 Å². The number of nitrogens with zero attached hydrogens (tertiary/aromatic N) is 4. The van der Waals surface area contributed by atoms with Crippen LogP contribution in [0.1, 0.15) is 11.4 Å². The van der Waals surface area contributed by atoms with Crippen LogP contribution in [-0.4, -0.2) is 32.6 Å². The Morgan fingerprint density at radius 2 is 1.79 bits per heavy atom. The predicted octanol–water partition coefficient (Wildman–Crippen LogP) is 3.70. The molecule has 0 bridgehead atoms. The molecule has 0 saturated heterocycles. The first-order valence-electron chi connectivity index (χ1n) is 9.38. The highest BCUT2D eigenvalue weighted by Crippen LogP contribution is 2.34. The summed E-state index contributed by atoms with van der Waals surface area (Å²) in [4.78, 5) is 12.7. The van der Waals surface area contributed by atoms with Crippen LogP contribution in [0.2, 0.25) is 0 Å². The third kappa shape index (κ3) is 3.35. The van der Waals surface area contributed by atoms with Crippen LogP contribution in [0.5, 0.6) is 5.75 Å². The summed E-state index contributed by atoms with van der Waals surface area (Å²) in [6.45, 7) is 4.01. The molecule has 7 nitrogen and oxygen atoms in total. The summed E-state index contributed by atoms with van der Waals surface area (Å²) in [7, 11) is 3.51. The molecule has 4 aromatic rings. The fourth-order valence-electron chi connectivity index (χ4n) is 3.71. The number of amides is 1. The number of hydrogen-bond donors (Lipinski definition) is 1. The molecule has 0 saturated carbocycles. The Kier molecular flexibility index (Phi) is 4.80. The molecule has 2 aromatic heterocycles. The Bertz CT molecular complexity index is 1210. The lowest BCUT2D eigenvalue weighted by Gasteiger charge is -2.09. The molecular weight excluding hydrogens is 366 g/mol. The van der Waals surface area contributed by atoms with Gasteiger partial charge < -0.3 is 10.1 Å². The van der Waals surface area contributed by atoms with Crippen LogP contribution in [0.15, 0.2) is 48.5 Å². The average Bonchev–Trinajstić information content (AvgIpc) is 3.17. The lowest BCUT2D eigenvalue weighted by molar-refractivity contribution is -0.117. The van der Waals surface area contributed by atoms with Gasteiger partial charge in [-0.3, -0.25) is 14.2 Å². The van der Waals surface area contributed by atoms with Gasteiger partial charge in [0.05, 0.1) is 18.3 Å². The van der Waals surface area contributed by atoms with E-state index in [1.807, 2.05) is 69.4 Å². The van der Waals surface area contributed by atoms with Crippen LogP contribution in [-0.2, 0) is 18.4 Å². The number of benzene rings is 2. The zero-order chi connectivity index (χ0) is 20.5. The van der Waals surface area contributed by atoms with Gasteiger partial charge in [0, 0.05) is 29.3 Å². The van der Waals surface area contributed by atoms with Crippen molar-refractivity contribution in [1.82, 2.24) is 19.6 Å². The number of aromatic nitrogens is 4. The van der Waals surface area contributed by atoms with Crippen LogP contribution in [0.25, 0.3) is 22.0 Å². The van der Waals surface area contributed by atoms with Gasteiger partial charge in [-0.1, -0.05) is 30.3 Å². The fourth-order valence-corrected chi connectivity index (χ4v) is 3.71. The van der Waals surface area contributed by atoms with E-state index in [9.17, 15) is 4.79 Å². The maximum Gasteiger partial charge on any atom is 0.247 e. The largest absolute Gasteiger partial charge is 0.496 e. The highest BCUT2D eigenvalue weighted by Gasteiger charge is 2.19. The van der Waals surface area contributed by atoms with Gasteiger partial charge in [0.1, 0.15) is 12.3 Å². The number of methoxy groups -OCH3 is 1. The van der Waals surface area contributed by atoms with Crippen molar-refractivity contribution in [3.63, 3.8) is 0 Å². The zero-order valence-electron chi connectivity index (χ0n) is 16.9. The molecule has 0 aliphatic rings. The molecule has 0 atom stereocenters.